The number of hydrogen-bond acceptors (Lipinski definition) is 3. The van der Waals surface area contributed by atoms with Crippen molar-refractivity contribution in [2.45, 2.75) is 64.0 Å². The number of rotatable bonds is 3. The van der Waals surface area contributed by atoms with Gasteiger partial charge < -0.3 is 5.32 Å². The quantitative estimate of drug-likeness (QED) is 0.860. The third-order valence-electron chi connectivity index (χ3n) is 5.45. The Labute approximate surface area is 129 Å². The molecule has 0 aromatic rings. The summed E-state index contributed by atoms with van der Waals surface area (Å²) >= 11 is 0. The molecule has 0 aromatic heterocycles. The summed E-state index contributed by atoms with van der Waals surface area (Å²) in [6, 6.07) is 0.690. The van der Waals surface area contributed by atoms with E-state index in [-0.39, 0.29) is 6.04 Å². The van der Waals surface area contributed by atoms with Gasteiger partial charge in [0.1, 0.15) is 0 Å². The Balaban J connectivity index is 1.69. The molecule has 6 heteroatoms. The molecule has 0 saturated carbocycles. The molecule has 0 amide bonds. The average Bonchev–Trinajstić information content (AvgIpc) is 3.02. The Morgan fingerprint density at radius 1 is 1.00 bits per heavy atom. The average molecular weight is 315 g/mol. The van der Waals surface area contributed by atoms with Gasteiger partial charge in [0.15, 0.2) is 0 Å². The second kappa shape index (κ2) is 6.52. The van der Waals surface area contributed by atoms with Crippen LogP contribution >= 0.6 is 0 Å². The van der Waals surface area contributed by atoms with E-state index in [1.54, 1.807) is 8.61 Å². The van der Waals surface area contributed by atoms with Crippen LogP contribution < -0.4 is 5.32 Å². The van der Waals surface area contributed by atoms with Crippen molar-refractivity contribution in [1.29, 1.82) is 0 Å². The van der Waals surface area contributed by atoms with Crippen molar-refractivity contribution in [3.8, 4) is 0 Å². The Morgan fingerprint density at radius 2 is 1.86 bits per heavy atom. The van der Waals surface area contributed by atoms with Crippen LogP contribution in [0.5, 0.6) is 0 Å². The zero-order valence-electron chi connectivity index (χ0n) is 13.1. The van der Waals surface area contributed by atoms with Gasteiger partial charge in [0, 0.05) is 31.7 Å². The molecule has 1 N–H and O–H groups in total. The van der Waals surface area contributed by atoms with E-state index in [1.165, 1.54) is 19.3 Å². The fraction of sp³-hybridized carbons (Fsp3) is 1.00. The van der Waals surface area contributed by atoms with Crippen LogP contribution in [0, 0.1) is 5.92 Å². The van der Waals surface area contributed by atoms with Gasteiger partial charge in [0.2, 0.25) is 0 Å². The van der Waals surface area contributed by atoms with Gasteiger partial charge >= 0.3 is 0 Å². The van der Waals surface area contributed by atoms with Crippen molar-refractivity contribution >= 4 is 10.2 Å². The molecule has 3 heterocycles. The monoisotopic (exact) mass is 315 g/mol. The molecule has 0 bridgehead atoms. The molecule has 0 spiro atoms. The smallest absolute Gasteiger partial charge is 0.282 e. The topological polar surface area (TPSA) is 52.7 Å². The maximum Gasteiger partial charge on any atom is 0.282 e. The first-order valence-electron chi connectivity index (χ1n) is 8.59. The van der Waals surface area contributed by atoms with Crippen LogP contribution in [-0.2, 0) is 10.2 Å². The summed E-state index contributed by atoms with van der Waals surface area (Å²) in [5.41, 5.74) is 0. The SMILES string of the molecule is CC1CCCCN1S(=O)(=O)N1CCCC(C2CCCN2)C1. The van der Waals surface area contributed by atoms with Crippen LogP contribution in [0.25, 0.3) is 0 Å². The first kappa shape index (κ1) is 15.7. The molecule has 3 rings (SSSR count). The van der Waals surface area contributed by atoms with E-state index < -0.39 is 10.2 Å². The molecule has 0 aromatic carbocycles. The Hall–Kier alpha value is -0.170. The number of nitrogens with one attached hydrogen (secondary N) is 1. The molecular weight excluding hydrogens is 286 g/mol. The zero-order chi connectivity index (χ0) is 14.9. The molecule has 3 saturated heterocycles. The van der Waals surface area contributed by atoms with E-state index in [0.29, 0.717) is 31.6 Å². The molecule has 122 valence electrons. The lowest BCUT2D eigenvalue weighted by atomic mass is 9.91. The van der Waals surface area contributed by atoms with Crippen LogP contribution in [0.4, 0.5) is 0 Å². The van der Waals surface area contributed by atoms with Gasteiger partial charge in [-0.25, -0.2) is 0 Å². The van der Waals surface area contributed by atoms with E-state index in [4.69, 9.17) is 0 Å². The molecule has 3 aliphatic rings. The summed E-state index contributed by atoms with van der Waals surface area (Å²) in [6.07, 6.45) is 7.77. The van der Waals surface area contributed by atoms with Gasteiger partial charge in [-0.15, -0.1) is 0 Å². The summed E-state index contributed by atoms with van der Waals surface area (Å²) in [4.78, 5) is 0. The molecule has 3 unspecified atom stereocenters. The molecule has 0 aliphatic carbocycles. The van der Waals surface area contributed by atoms with E-state index in [1.807, 2.05) is 0 Å². The van der Waals surface area contributed by atoms with Gasteiger partial charge in [0.05, 0.1) is 0 Å². The number of hydrogen-bond donors (Lipinski definition) is 1. The number of piperidine rings is 2. The minimum absolute atomic E-state index is 0.161. The van der Waals surface area contributed by atoms with Crippen LogP contribution in [0.3, 0.4) is 0 Å². The fourth-order valence-corrected chi connectivity index (χ4v) is 6.14. The number of nitrogens with zero attached hydrogens (tertiary/aromatic N) is 2. The summed E-state index contributed by atoms with van der Waals surface area (Å²) < 4.78 is 29.4. The van der Waals surface area contributed by atoms with E-state index in [2.05, 4.69) is 12.2 Å². The lowest BCUT2D eigenvalue weighted by molar-refractivity contribution is 0.195. The first-order chi connectivity index (χ1) is 10.1. The minimum Gasteiger partial charge on any atom is -0.314 e. The second-order valence-electron chi connectivity index (χ2n) is 6.93. The van der Waals surface area contributed by atoms with Crippen LogP contribution in [0.1, 0.15) is 51.9 Å². The highest BCUT2D eigenvalue weighted by Gasteiger charge is 2.38. The third-order valence-corrected chi connectivity index (χ3v) is 7.57. The fourth-order valence-electron chi connectivity index (χ4n) is 4.19. The summed E-state index contributed by atoms with van der Waals surface area (Å²) in [5, 5.41) is 3.55. The predicted molar refractivity (Wildman–Crippen MR) is 84.3 cm³/mol. The standard InChI is InChI=1S/C15H29N3O2S/c1-13-6-2-3-11-18(13)21(19,20)17-10-5-7-14(12-17)15-8-4-9-16-15/h13-16H,2-12H2,1H3. The summed E-state index contributed by atoms with van der Waals surface area (Å²) in [5.74, 6) is 0.496. The van der Waals surface area contributed by atoms with Crippen LogP contribution in [0.2, 0.25) is 0 Å². The normalized spacial score (nSPS) is 36.9. The lowest BCUT2D eigenvalue weighted by Crippen LogP contribution is -2.53. The molecule has 5 nitrogen and oxygen atoms in total. The van der Waals surface area contributed by atoms with E-state index >= 15 is 0 Å². The van der Waals surface area contributed by atoms with Crippen LogP contribution in [-0.4, -0.2) is 55.3 Å². The Morgan fingerprint density at radius 3 is 2.57 bits per heavy atom. The first-order valence-corrected chi connectivity index (χ1v) is 9.99. The Bertz CT molecular complexity index is 448. The molecule has 3 fully saturated rings. The highest BCUT2D eigenvalue weighted by molar-refractivity contribution is 7.86. The summed E-state index contributed by atoms with van der Waals surface area (Å²) in [6.45, 7) is 5.26. The molecule has 3 atom stereocenters. The van der Waals surface area contributed by atoms with Crippen molar-refractivity contribution in [2.75, 3.05) is 26.2 Å². The minimum atomic E-state index is -3.26. The van der Waals surface area contributed by atoms with Gasteiger partial charge in [0.25, 0.3) is 10.2 Å². The molecule has 3 aliphatic heterocycles. The zero-order valence-corrected chi connectivity index (χ0v) is 13.9. The van der Waals surface area contributed by atoms with E-state index in [0.717, 1.165) is 32.2 Å². The van der Waals surface area contributed by atoms with Gasteiger partial charge in [-0.3, -0.25) is 0 Å². The lowest BCUT2D eigenvalue weighted by Gasteiger charge is -2.40. The molecule has 0 radical (unpaired) electrons. The summed E-state index contributed by atoms with van der Waals surface area (Å²) in [7, 11) is -3.26. The van der Waals surface area contributed by atoms with Gasteiger partial charge in [-0.05, 0) is 57.9 Å². The largest absolute Gasteiger partial charge is 0.314 e. The van der Waals surface area contributed by atoms with Gasteiger partial charge in [-0.2, -0.15) is 17.0 Å². The highest BCUT2D eigenvalue weighted by atomic mass is 32.2. The van der Waals surface area contributed by atoms with Gasteiger partial charge in [-0.1, -0.05) is 6.42 Å². The van der Waals surface area contributed by atoms with E-state index in [9.17, 15) is 8.42 Å². The molecular formula is C15H29N3O2S. The Kier molecular flexibility index (Phi) is 4.88. The van der Waals surface area contributed by atoms with Crippen molar-refractivity contribution in [3.05, 3.63) is 0 Å². The highest BCUT2D eigenvalue weighted by Crippen LogP contribution is 2.29. The van der Waals surface area contributed by atoms with Crippen molar-refractivity contribution < 1.29 is 8.42 Å². The van der Waals surface area contributed by atoms with Crippen molar-refractivity contribution in [2.24, 2.45) is 5.92 Å². The van der Waals surface area contributed by atoms with Crippen molar-refractivity contribution in [1.82, 2.24) is 13.9 Å². The van der Waals surface area contributed by atoms with Crippen LogP contribution in [0.15, 0.2) is 0 Å². The molecule has 21 heavy (non-hydrogen) atoms. The third kappa shape index (κ3) is 3.28. The second-order valence-corrected chi connectivity index (χ2v) is 8.81. The predicted octanol–water partition coefficient (Wildman–Crippen LogP) is 1.57. The van der Waals surface area contributed by atoms with Crippen molar-refractivity contribution in [3.63, 3.8) is 0 Å². The maximum absolute atomic E-state index is 12.9. The maximum atomic E-state index is 12.9.